The first kappa shape index (κ1) is 18.2. The molecule has 26 heavy (non-hydrogen) atoms. The minimum Gasteiger partial charge on any atom is -0.496 e. The summed E-state index contributed by atoms with van der Waals surface area (Å²) in [5, 5.41) is 14.8. The number of hydrogen-bond acceptors (Lipinski definition) is 4. The van der Waals surface area contributed by atoms with Crippen LogP contribution in [0.1, 0.15) is 49.5 Å². The van der Waals surface area contributed by atoms with E-state index in [0.717, 1.165) is 30.2 Å². The summed E-state index contributed by atoms with van der Waals surface area (Å²) < 4.78 is 7.13. The zero-order chi connectivity index (χ0) is 19.0. The number of carbonyl (C=O) groups excluding carboxylic acids is 1. The Bertz CT molecular complexity index is 845. The summed E-state index contributed by atoms with van der Waals surface area (Å²) in [5.74, 6) is -0.239. The molecule has 1 aromatic heterocycles. The molecule has 7 heteroatoms. The second kappa shape index (κ2) is 6.97. The lowest BCUT2D eigenvalue weighted by Crippen LogP contribution is -2.41. The fourth-order valence-electron chi connectivity index (χ4n) is 3.93. The molecule has 0 spiro atoms. The van der Waals surface area contributed by atoms with Gasteiger partial charge in [0, 0.05) is 37.7 Å². The van der Waals surface area contributed by atoms with Crippen LogP contribution in [0.4, 0.5) is 0 Å². The molecule has 7 nitrogen and oxygen atoms in total. The van der Waals surface area contributed by atoms with Gasteiger partial charge in [0.05, 0.1) is 18.7 Å². The molecule has 1 aliphatic rings. The van der Waals surface area contributed by atoms with Crippen LogP contribution in [0.5, 0.6) is 5.75 Å². The predicted molar refractivity (Wildman–Crippen MR) is 97.5 cm³/mol. The summed E-state index contributed by atoms with van der Waals surface area (Å²) in [5.41, 5.74) is 0.862. The Labute approximate surface area is 152 Å². The highest BCUT2D eigenvalue weighted by atomic mass is 16.5. The number of nitrogens with zero attached hydrogens (tertiary/aromatic N) is 3. The molecule has 0 saturated heterocycles. The SMILES string of the molecule is COc1cc2nn([C@H]3CCC(N(C)C(C)=O)C[C@H]3C)cc2cc1C(=O)O. The monoisotopic (exact) mass is 359 g/mol. The van der Waals surface area contributed by atoms with E-state index in [1.165, 1.54) is 7.11 Å². The molecule has 1 aromatic carbocycles. The third-order valence-corrected chi connectivity index (χ3v) is 5.55. The van der Waals surface area contributed by atoms with Gasteiger partial charge >= 0.3 is 5.97 Å². The quantitative estimate of drug-likeness (QED) is 0.907. The molecule has 0 bridgehead atoms. The number of rotatable bonds is 4. The average Bonchev–Trinajstić information content (AvgIpc) is 3.01. The lowest BCUT2D eigenvalue weighted by Gasteiger charge is -2.38. The molecule has 2 aromatic rings. The summed E-state index contributed by atoms with van der Waals surface area (Å²) in [7, 11) is 3.32. The Hall–Kier alpha value is -2.57. The molecular formula is C19H25N3O4. The van der Waals surface area contributed by atoms with Gasteiger partial charge in [0.25, 0.3) is 0 Å². The number of aromatic nitrogens is 2. The normalized spacial score (nSPS) is 23.0. The second-order valence-electron chi connectivity index (χ2n) is 7.17. The van der Waals surface area contributed by atoms with E-state index in [9.17, 15) is 14.7 Å². The van der Waals surface area contributed by atoms with Gasteiger partial charge in [0.2, 0.25) is 5.91 Å². The standard InChI is InChI=1S/C19H25N3O4/c1-11-7-14(21(3)12(2)23)5-6-17(11)22-10-13-8-15(19(24)25)18(26-4)9-16(13)20-22/h8-11,14,17H,5-7H2,1-4H3,(H,24,25)/t11-,14?,17+/m1/s1. The highest BCUT2D eigenvalue weighted by molar-refractivity contribution is 5.96. The van der Waals surface area contributed by atoms with Gasteiger partial charge in [0.1, 0.15) is 11.3 Å². The van der Waals surface area contributed by atoms with Crippen molar-refractivity contribution in [1.29, 1.82) is 0 Å². The van der Waals surface area contributed by atoms with Gasteiger partial charge in [-0.25, -0.2) is 4.79 Å². The minimum absolute atomic E-state index is 0.0961. The molecule has 0 radical (unpaired) electrons. The van der Waals surface area contributed by atoms with Crippen molar-refractivity contribution >= 4 is 22.8 Å². The lowest BCUT2D eigenvalue weighted by atomic mass is 9.82. The molecule has 1 amide bonds. The van der Waals surface area contributed by atoms with Crippen molar-refractivity contribution in [2.45, 2.75) is 45.2 Å². The lowest BCUT2D eigenvalue weighted by molar-refractivity contribution is -0.130. The van der Waals surface area contributed by atoms with Gasteiger partial charge in [-0.05, 0) is 31.2 Å². The van der Waals surface area contributed by atoms with Gasteiger partial charge in [-0.3, -0.25) is 9.48 Å². The van der Waals surface area contributed by atoms with Gasteiger partial charge in [-0.2, -0.15) is 5.10 Å². The van der Waals surface area contributed by atoms with Crippen LogP contribution in [0.3, 0.4) is 0 Å². The van der Waals surface area contributed by atoms with Gasteiger partial charge in [0.15, 0.2) is 0 Å². The van der Waals surface area contributed by atoms with Crippen LogP contribution in [-0.4, -0.2) is 51.9 Å². The number of carboxylic acids is 1. The number of amides is 1. The van der Waals surface area contributed by atoms with E-state index in [2.05, 4.69) is 12.0 Å². The second-order valence-corrected chi connectivity index (χ2v) is 7.17. The van der Waals surface area contributed by atoms with Crippen molar-refractivity contribution in [3.05, 3.63) is 23.9 Å². The first-order valence-corrected chi connectivity index (χ1v) is 8.85. The fraction of sp³-hybridized carbons (Fsp3) is 0.526. The zero-order valence-electron chi connectivity index (χ0n) is 15.6. The first-order valence-electron chi connectivity index (χ1n) is 8.85. The van der Waals surface area contributed by atoms with Crippen LogP contribution in [0, 0.1) is 5.92 Å². The molecule has 1 fully saturated rings. The molecular weight excluding hydrogens is 334 g/mol. The third-order valence-electron chi connectivity index (χ3n) is 5.55. The number of hydrogen-bond donors (Lipinski definition) is 1. The predicted octanol–water partition coefficient (Wildman–Crippen LogP) is 2.95. The van der Waals surface area contributed by atoms with E-state index in [4.69, 9.17) is 4.74 Å². The van der Waals surface area contributed by atoms with E-state index in [-0.39, 0.29) is 23.6 Å². The number of benzene rings is 1. The Kier molecular flexibility index (Phi) is 4.89. The molecule has 1 N–H and O–H groups in total. The Morgan fingerprint density at radius 3 is 2.65 bits per heavy atom. The number of carbonyl (C=O) groups is 2. The molecule has 1 unspecified atom stereocenters. The number of fused-ring (bicyclic) bond motifs is 1. The smallest absolute Gasteiger partial charge is 0.339 e. The topological polar surface area (TPSA) is 84.7 Å². The number of ether oxygens (including phenoxy) is 1. The van der Waals surface area contributed by atoms with Crippen molar-refractivity contribution < 1.29 is 19.4 Å². The number of methoxy groups -OCH3 is 1. The molecule has 1 saturated carbocycles. The van der Waals surface area contributed by atoms with Crippen LogP contribution < -0.4 is 4.74 Å². The first-order chi connectivity index (χ1) is 12.3. The fourth-order valence-corrected chi connectivity index (χ4v) is 3.93. The maximum atomic E-state index is 11.6. The molecule has 3 rings (SSSR count). The van der Waals surface area contributed by atoms with E-state index in [0.29, 0.717) is 11.7 Å². The van der Waals surface area contributed by atoms with Gasteiger partial charge in [-0.1, -0.05) is 6.92 Å². The molecule has 3 atom stereocenters. The van der Waals surface area contributed by atoms with Crippen molar-refractivity contribution in [2.75, 3.05) is 14.2 Å². The molecule has 140 valence electrons. The maximum absolute atomic E-state index is 11.6. The minimum atomic E-state index is -1.02. The van der Waals surface area contributed by atoms with Crippen LogP contribution in [-0.2, 0) is 4.79 Å². The van der Waals surface area contributed by atoms with Crippen LogP contribution in [0.2, 0.25) is 0 Å². The molecule has 0 aliphatic heterocycles. The summed E-state index contributed by atoms with van der Waals surface area (Å²) >= 11 is 0. The van der Waals surface area contributed by atoms with E-state index in [1.54, 1.807) is 19.1 Å². The Balaban J connectivity index is 1.87. The summed E-state index contributed by atoms with van der Waals surface area (Å²) in [6.07, 6.45) is 4.71. The molecule has 1 heterocycles. The van der Waals surface area contributed by atoms with E-state index < -0.39 is 5.97 Å². The summed E-state index contributed by atoms with van der Waals surface area (Å²) in [4.78, 5) is 24.8. The van der Waals surface area contributed by atoms with Crippen molar-refractivity contribution in [3.8, 4) is 5.75 Å². The largest absolute Gasteiger partial charge is 0.496 e. The van der Waals surface area contributed by atoms with Gasteiger partial charge < -0.3 is 14.7 Å². The van der Waals surface area contributed by atoms with Crippen LogP contribution in [0.25, 0.3) is 10.9 Å². The Morgan fingerprint density at radius 1 is 1.35 bits per heavy atom. The maximum Gasteiger partial charge on any atom is 0.339 e. The highest BCUT2D eigenvalue weighted by Crippen LogP contribution is 2.36. The van der Waals surface area contributed by atoms with Crippen molar-refractivity contribution in [1.82, 2.24) is 14.7 Å². The van der Waals surface area contributed by atoms with Crippen molar-refractivity contribution in [3.63, 3.8) is 0 Å². The van der Waals surface area contributed by atoms with Crippen molar-refractivity contribution in [2.24, 2.45) is 5.92 Å². The zero-order valence-corrected chi connectivity index (χ0v) is 15.6. The van der Waals surface area contributed by atoms with Gasteiger partial charge in [-0.15, -0.1) is 0 Å². The van der Waals surface area contributed by atoms with Crippen LogP contribution >= 0.6 is 0 Å². The number of aromatic carboxylic acids is 1. The number of carboxylic acid groups (broad SMARTS) is 1. The summed E-state index contributed by atoms with van der Waals surface area (Å²) in [6, 6.07) is 3.79. The Morgan fingerprint density at radius 2 is 2.08 bits per heavy atom. The average molecular weight is 359 g/mol. The summed E-state index contributed by atoms with van der Waals surface area (Å²) in [6.45, 7) is 3.78. The highest BCUT2D eigenvalue weighted by Gasteiger charge is 2.32. The van der Waals surface area contributed by atoms with E-state index in [1.807, 2.05) is 22.8 Å². The molecule has 1 aliphatic carbocycles. The van der Waals surface area contributed by atoms with Crippen LogP contribution in [0.15, 0.2) is 18.3 Å². The van der Waals surface area contributed by atoms with E-state index >= 15 is 0 Å². The third kappa shape index (κ3) is 3.25.